The number of fused-ring (bicyclic) bond motifs is 1. The number of benzene rings is 3. The smallest absolute Gasteiger partial charge is 0.256 e. The van der Waals surface area contributed by atoms with Crippen molar-refractivity contribution in [2.75, 3.05) is 5.32 Å². The molecule has 0 atom stereocenters. The Morgan fingerprint density at radius 1 is 0.912 bits per heavy atom. The molecule has 2 aromatic heterocycles. The van der Waals surface area contributed by atoms with Crippen LogP contribution < -0.4 is 5.32 Å². The van der Waals surface area contributed by atoms with Crippen LogP contribution in [0.2, 0.25) is 0 Å². The normalized spacial score (nSPS) is 11.1. The molecule has 5 aromatic rings. The van der Waals surface area contributed by atoms with Gasteiger partial charge in [0.1, 0.15) is 17.5 Å². The predicted molar refractivity (Wildman–Crippen MR) is 123 cm³/mol. The molecule has 0 spiro atoms. The van der Waals surface area contributed by atoms with E-state index < -0.39 is 17.5 Å². The molecule has 0 saturated heterocycles. The summed E-state index contributed by atoms with van der Waals surface area (Å²) in [5.74, 6) is -2.37. The van der Waals surface area contributed by atoms with Gasteiger partial charge in [0, 0.05) is 17.0 Å². The number of para-hydroxylation sites is 1. The van der Waals surface area contributed by atoms with Crippen molar-refractivity contribution >= 4 is 22.5 Å². The monoisotopic (exact) mass is 458 g/mol. The zero-order valence-corrected chi connectivity index (χ0v) is 17.9. The van der Waals surface area contributed by atoms with Crippen LogP contribution in [0, 0.1) is 24.4 Å². The quantitative estimate of drug-likeness (QED) is 0.356. The van der Waals surface area contributed by atoms with Gasteiger partial charge in [-0.3, -0.25) is 4.79 Å². The van der Waals surface area contributed by atoms with E-state index in [4.69, 9.17) is 0 Å². The van der Waals surface area contributed by atoms with Gasteiger partial charge in [-0.25, -0.2) is 22.8 Å². The first-order valence-corrected chi connectivity index (χ1v) is 10.4. The van der Waals surface area contributed by atoms with Crippen molar-refractivity contribution in [3.05, 3.63) is 108 Å². The van der Waals surface area contributed by atoms with Crippen molar-refractivity contribution in [1.82, 2.24) is 14.8 Å². The highest BCUT2D eigenvalue weighted by Crippen LogP contribution is 2.29. The first-order valence-electron chi connectivity index (χ1n) is 10.4. The molecule has 34 heavy (non-hydrogen) atoms. The van der Waals surface area contributed by atoms with E-state index in [-0.39, 0.29) is 17.1 Å². The van der Waals surface area contributed by atoms with Gasteiger partial charge in [-0.2, -0.15) is 5.10 Å². The van der Waals surface area contributed by atoms with Gasteiger partial charge < -0.3 is 5.32 Å². The maximum Gasteiger partial charge on any atom is 0.256 e. The van der Waals surface area contributed by atoms with Crippen molar-refractivity contribution in [3.63, 3.8) is 0 Å². The highest BCUT2D eigenvalue weighted by molar-refractivity contribution is 6.13. The van der Waals surface area contributed by atoms with Crippen molar-refractivity contribution in [2.24, 2.45) is 0 Å². The average molecular weight is 458 g/mol. The van der Waals surface area contributed by atoms with Crippen molar-refractivity contribution in [2.45, 2.75) is 6.92 Å². The highest BCUT2D eigenvalue weighted by atomic mass is 19.1. The van der Waals surface area contributed by atoms with Crippen LogP contribution in [0.3, 0.4) is 0 Å². The molecule has 0 radical (unpaired) electrons. The summed E-state index contributed by atoms with van der Waals surface area (Å²) in [6.45, 7) is 1.84. The third-order valence-corrected chi connectivity index (χ3v) is 5.49. The standard InChI is InChI=1S/C26H17F3N4O/c1-15-21(14-30-33(15)18-9-6-16(27)7-10-18)24-13-20(19-4-2-3-5-23(19)31-24)26(34)32-25-12-17(28)8-11-22(25)29/h2-14H,1H3,(H,32,34). The fraction of sp³-hybridized carbons (Fsp3) is 0.0385. The Kier molecular flexibility index (Phi) is 5.33. The Bertz CT molecular complexity index is 1540. The van der Waals surface area contributed by atoms with E-state index in [9.17, 15) is 18.0 Å². The number of carbonyl (C=O) groups is 1. The molecule has 0 aliphatic rings. The maximum absolute atomic E-state index is 14.1. The Morgan fingerprint density at radius 2 is 1.65 bits per heavy atom. The number of hydrogen-bond donors (Lipinski definition) is 1. The first-order chi connectivity index (χ1) is 16.4. The van der Waals surface area contributed by atoms with Gasteiger partial charge in [0.05, 0.1) is 40.0 Å². The summed E-state index contributed by atoms with van der Waals surface area (Å²) in [5.41, 5.74) is 3.10. The van der Waals surface area contributed by atoms with Crippen LogP contribution in [-0.2, 0) is 0 Å². The number of anilines is 1. The number of rotatable bonds is 4. The predicted octanol–water partition coefficient (Wildman–Crippen LogP) is 6.07. The van der Waals surface area contributed by atoms with Crippen LogP contribution in [0.4, 0.5) is 18.9 Å². The van der Waals surface area contributed by atoms with E-state index in [1.165, 1.54) is 12.1 Å². The number of amides is 1. The lowest BCUT2D eigenvalue weighted by Crippen LogP contribution is -2.14. The molecule has 0 unspecified atom stereocenters. The highest BCUT2D eigenvalue weighted by Gasteiger charge is 2.18. The lowest BCUT2D eigenvalue weighted by molar-refractivity contribution is 0.102. The van der Waals surface area contributed by atoms with E-state index in [2.05, 4.69) is 15.4 Å². The molecule has 0 aliphatic heterocycles. The first kappa shape index (κ1) is 21.4. The van der Waals surface area contributed by atoms with Gasteiger partial charge in [0.2, 0.25) is 0 Å². The fourth-order valence-corrected chi connectivity index (χ4v) is 3.79. The molecule has 2 heterocycles. The van der Waals surface area contributed by atoms with Crippen molar-refractivity contribution in [1.29, 1.82) is 0 Å². The summed E-state index contributed by atoms with van der Waals surface area (Å²) in [4.78, 5) is 17.8. The molecule has 5 nitrogen and oxygen atoms in total. The second kappa shape index (κ2) is 8.47. The third-order valence-electron chi connectivity index (χ3n) is 5.49. The minimum atomic E-state index is -0.746. The number of halogens is 3. The van der Waals surface area contributed by atoms with Crippen LogP contribution in [0.5, 0.6) is 0 Å². The summed E-state index contributed by atoms with van der Waals surface area (Å²) < 4.78 is 42.7. The lowest BCUT2D eigenvalue weighted by Gasteiger charge is -2.11. The van der Waals surface area contributed by atoms with Crippen molar-refractivity contribution < 1.29 is 18.0 Å². The largest absolute Gasteiger partial charge is 0.319 e. The fourth-order valence-electron chi connectivity index (χ4n) is 3.79. The lowest BCUT2D eigenvalue weighted by atomic mass is 10.0. The third kappa shape index (κ3) is 3.90. The Balaban J connectivity index is 1.60. The summed E-state index contributed by atoms with van der Waals surface area (Å²) in [7, 11) is 0. The van der Waals surface area contributed by atoms with E-state index in [1.807, 2.05) is 6.92 Å². The minimum Gasteiger partial charge on any atom is -0.319 e. The second-order valence-electron chi connectivity index (χ2n) is 7.68. The summed E-state index contributed by atoms with van der Waals surface area (Å²) in [5, 5.41) is 7.41. The molecule has 1 amide bonds. The summed E-state index contributed by atoms with van der Waals surface area (Å²) >= 11 is 0. The molecule has 0 bridgehead atoms. The minimum absolute atomic E-state index is 0.248. The van der Waals surface area contributed by atoms with Gasteiger partial charge in [0.25, 0.3) is 5.91 Å². The number of carbonyl (C=O) groups excluding carboxylic acids is 1. The summed E-state index contributed by atoms with van der Waals surface area (Å²) in [6.07, 6.45) is 1.61. The molecule has 3 aromatic carbocycles. The van der Waals surface area contributed by atoms with E-state index in [0.29, 0.717) is 27.8 Å². The molecule has 5 rings (SSSR count). The average Bonchev–Trinajstić information content (AvgIpc) is 3.22. The van der Waals surface area contributed by atoms with Crippen LogP contribution in [-0.4, -0.2) is 20.7 Å². The number of nitrogens with zero attached hydrogens (tertiary/aromatic N) is 3. The molecule has 0 saturated carbocycles. The SMILES string of the molecule is Cc1c(-c2cc(C(=O)Nc3cc(F)ccc3F)c3ccccc3n2)cnn1-c1ccc(F)cc1. The van der Waals surface area contributed by atoms with Crippen LogP contribution in [0.1, 0.15) is 16.1 Å². The number of nitrogens with one attached hydrogen (secondary N) is 1. The molecule has 8 heteroatoms. The molecule has 0 aliphatic carbocycles. The number of hydrogen-bond acceptors (Lipinski definition) is 3. The molecular weight excluding hydrogens is 441 g/mol. The molecular formula is C26H17F3N4O. The maximum atomic E-state index is 14.1. The Morgan fingerprint density at radius 3 is 2.44 bits per heavy atom. The molecule has 168 valence electrons. The van der Waals surface area contributed by atoms with Gasteiger partial charge >= 0.3 is 0 Å². The second-order valence-corrected chi connectivity index (χ2v) is 7.68. The Labute approximate surface area is 192 Å². The Hall–Kier alpha value is -4.46. The van der Waals surface area contributed by atoms with E-state index in [1.54, 1.807) is 53.3 Å². The van der Waals surface area contributed by atoms with Gasteiger partial charge in [0.15, 0.2) is 0 Å². The van der Waals surface area contributed by atoms with Crippen LogP contribution in [0.15, 0.2) is 79.0 Å². The van der Waals surface area contributed by atoms with Crippen molar-refractivity contribution in [3.8, 4) is 16.9 Å². The zero-order valence-electron chi connectivity index (χ0n) is 17.9. The van der Waals surface area contributed by atoms with Gasteiger partial charge in [-0.1, -0.05) is 18.2 Å². The topological polar surface area (TPSA) is 59.8 Å². The molecule has 1 N–H and O–H groups in total. The molecule has 0 fully saturated rings. The van der Waals surface area contributed by atoms with Gasteiger partial charge in [-0.05, 0) is 55.5 Å². The van der Waals surface area contributed by atoms with Crippen LogP contribution in [0.25, 0.3) is 27.8 Å². The number of aromatic nitrogens is 3. The number of pyridine rings is 1. The van der Waals surface area contributed by atoms with E-state index >= 15 is 0 Å². The summed E-state index contributed by atoms with van der Waals surface area (Å²) in [6, 6.07) is 17.4. The zero-order chi connectivity index (χ0) is 23.8. The van der Waals surface area contributed by atoms with Gasteiger partial charge in [-0.15, -0.1) is 0 Å². The van der Waals surface area contributed by atoms with E-state index in [0.717, 1.165) is 23.9 Å². The van der Waals surface area contributed by atoms with Crippen LogP contribution >= 0.6 is 0 Å².